The first-order valence-corrected chi connectivity index (χ1v) is 3.88. The molecule has 0 saturated carbocycles. The summed E-state index contributed by atoms with van der Waals surface area (Å²) >= 11 is 0. The van der Waals surface area contributed by atoms with Crippen LogP contribution in [0.15, 0.2) is 30.5 Å². The molecule has 0 spiro atoms. The highest BCUT2D eigenvalue weighted by Crippen LogP contribution is 2.18. The number of hydrogen-bond donors (Lipinski definition) is 1. The third-order valence-electron chi connectivity index (χ3n) is 1.88. The quantitative estimate of drug-likeness (QED) is 0.596. The maximum atomic E-state index is 5.74. The predicted molar refractivity (Wildman–Crippen MR) is 50.9 cm³/mol. The summed E-state index contributed by atoms with van der Waals surface area (Å²) in [5.41, 5.74) is 8.54. The fourth-order valence-corrected chi connectivity index (χ4v) is 1.29. The van der Waals surface area contributed by atoms with Crippen LogP contribution in [0.1, 0.15) is 5.56 Å². The minimum absolute atomic E-state index is 0.743. The Morgan fingerprint density at radius 1 is 1.33 bits per heavy atom. The van der Waals surface area contributed by atoms with Gasteiger partial charge < -0.3 is 5.73 Å². The van der Waals surface area contributed by atoms with Crippen molar-refractivity contribution in [1.29, 1.82) is 0 Å². The third kappa shape index (κ3) is 1.01. The van der Waals surface area contributed by atoms with Crippen LogP contribution >= 0.6 is 0 Å². The Labute approximate surface area is 71.0 Å². The van der Waals surface area contributed by atoms with Gasteiger partial charge in [0.25, 0.3) is 0 Å². The van der Waals surface area contributed by atoms with Crippen molar-refractivity contribution >= 4 is 16.6 Å². The molecule has 2 heteroatoms. The van der Waals surface area contributed by atoms with Crippen LogP contribution in [0.4, 0.5) is 5.69 Å². The summed E-state index contributed by atoms with van der Waals surface area (Å²) in [7, 11) is 0. The standard InChI is InChI=1S/C10H10N2/c1-7-5-8-3-2-4-9(11)10(8)12-6-7/h2-6H,11H2,1H3. The van der Waals surface area contributed by atoms with E-state index in [0.717, 1.165) is 22.2 Å². The monoisotopic (exact) mass is 158 g/mol. The second-order valence-corrected chi connectivity index (χ2v) is 2.93. The molecule has 0 atom stereocenters. The molecule has 2 rings (SSSR count). The van der Waals surface area contributed by atoms with Crippen LogP contribution in [0.3, 0.4) is 0 Å². The largest absolute Gasteiger partial charge is 0.397 e. The van der Waals surface area contributed by atoms with E-state index in [2.05, 4.69) is 11.1 Å². The van der Waals surface area contributed by atoms with E-state index in [-0.39, 0.29) is 0 Å². The molecule has 12 heavy (non-hydrogen) atoms. The molecule has 0 bridgehead atoms. The number of anilines is 1. The zero-order valence-corrected chi connectivity index (χ0v) is 6.91. The molecular formula is C10H10N2. The molecule has 1 aromatic carbocycles. The van der Waals surface area contributed by atoms with Crippen molar-refractivity contribution in [3.8, 4) is 0 Å². The van der Waals surface area contributed by atoms with E-state index in [9.17, 15) is 0 Å². The van der Waals surface area contributed by atoms with Gasteiger partial charge in [-0.2, -0.15) is 0 Å². The molecule has 0 radical (unpaired) electrons. The molecule has 1 aromatic heterocycles. The molecule has 0 aliphatic heterocycles. The van der Waals surface area contributed by atoms with Gasteiger partial charge in [0.05, 0.1) is 11.2 Å². The number of para-hydroxylation sites is 1. The molecule has 0 aliphatic rings. The van der Waals surface area contributed by atoms with Crippen LogP contribution in [-0.4, -0.2) is 4.98 Å². The molecule has 1 heterocycles. The van der Waals surface area contributed by atoms with E-state index < -0.39 is 0 Å². The van der Waals surface area contributed by atoms with Gasteiger partial charge in [-0.3, -0.25) is 4.98 Å². The zero-order chi connectivity index (χ0) is 8.55. The van der Waals surface area contributed by atoms with Crippen LogP contribution in [0.2, 0.25) is 0 Å². The highest BCUT2D eigenvalue weighted by atomic mass is 14.7. The summed E-state index contributed by atoms with van der Waals surface area (Å²) in [4.78, 5) is 4.26. The highest BCUT2D eigenvalue weighted by molar-refractivity contribution is 5.89. The first kappa shape index (κ1) is 7.10. The molecular weight excluding hydrogens is 148 g/mol. The molecule has 2 N–H and O–H groups in total. The Morgan fingerprint density at radius 3 is 3.00 bits per heavy atom. The molecule has 2 nitrogen and oxygen atoms in total. The maximum Gasteiger partial charge on any atom is 0.0931 e. The third-order valence-corrected chi connectivity index (χ3v) is 1.88. The number of rotatable bonds is 0. The van der Waals surface area contributed by atoms with Gasteiger partial charge in [0.1, 0.15) is 0 Å². The number of nitrogen functional groups attached to an aromatic ring is 1. The van der Waals surface area contributed by atoms with Gasteiger partial charge >= 0.3 is 0 Å². The lowest BCUT2D eigenvalue weighted by Crippen LogP contribution is -1.89. The van der Waals surface area contributed by atoms with Crippen molar-refractivity contribution in [3.63, 3.8) is 0 Å². The molecule has 0 aliphatic carbocycles. The summed E-state index contributed by atoms with van der Waals surface area (Å²) in [6.45, 7) is 2.02. The Balaban J connectivity index is 2.86. The highest BCUT2D eigenvalue weighted by Gasteiger charge is 1.97. The van der Waals surface area contributed by atoms with E-state index in [1.165, 1.54) is 0 Å². The number of nitrogens with zero attached hydrogens (tertiary/aromatic N) is 1. The molecule has 60 valence electrons. The van der Waals surface area contributed by atoms with Crippen LogP contribution in [0.5, 0.6) is 0 Å². The average Bonchev–Trinajstić information content (AvgIpc) is 2.04. The Hall–Kier alpha value is -1.57. The Kier molecular flexibility index (Phi) is 1.47. The molecule has 0 amide bonds. The van der Waals surface area contributed by atoms with Crippen molar-refractivity contribution < 1.29 is 0 Å². The summed E-state index contributed by atoms with van der Waals surface area (Å²) in [6.07, 6.45) is 1.83. The second kappa shape index (κ2) is 2.48. The van der Waals surface area contributed by atoms with Crippen molar-refractivity contribution in [1.82, 2.24) is 4.98 Å². The van der Waals surface area contributed by atoms with Crippen molar-refractivity contribution in [2.75, 3.05) is 5.73 Å². The number of fused-ring (bicyclic) bond motifs is 1. The first-order chi connectivity index (χ1) is 5.77. The first-order valence-electron chi connectivity index (χ1n) is 3.88. The van der Waals surface area contributed by atoms with E-state index >= 15 is 0 Å². The van der Waals surface area contributed by atoms with Gasteiger partial charge in [-0.15, -0.1) is 0 Å². The lowest BCUT2D eigenvalue weighted by molar-refractivity contribution is 1.33. The molecule has 0 saturated heterocycles. The van der Waals surface area contributed by atoms with E-state index in [0.29, 0.717) is 0 Å². The van der Waals surface area contributed by atoms with E-state index in [1.807, 2.05) is 31.3 Å². The van der Waals surface area contributed by atoms with Crippen molar-refractivity contribution in [2.24, 2.45) is 0 Å². The fourth-order valence-electron chi connectivity index (χ4n) is 1.29. The molecule has 0 unspecified atom stereocenters. The number of nitrogens with two attached hydrogens (primary N) is 1. The summed E-state index contributed by atoms with van der Waals surface area (Å²) in [5.74, 6) is 0. The maximum absolute atomic E-state index is 5.74. The van der Waals surface area contributed by atoms with Crippen LogP contribution < -0.4 is 5.73 Å². The van der Waals surface area contributed by atoms with Gasteiger partial charge in [0, 0.05) is 11.6 Å². The number of hydrogen-bond acceptors (Lipinski definition) is 2. The van der Waals surface area contributed by atoms with Crippen molar-refractivity contribution in [3.05, 3.63) is 36.0 Å². The number of pyridine rings is 1. The van der Waals surface area contributed by atoms with Crippen molar-refractivity contribution in [2.45, 2.75) is 6.92 Å². The minimum atomic E-state index is 0.743. The average molecular weight is 158 g/mol. The van der Waals surface area contributed by atoms with Gasteiger partial charge in [-0.1, -0.05) is 12.1 Å². The fraction of sp³-hybridized carbons (Fsp3) is 0.100. The summed E-state index contributed by atoms with van der Waals surface area (Å²) in [5, 5.41) is 1.11. The lowest BCUT2D eigenvalue weighted by Gasteiger charge is -2.00. The molecule has 2 aromatic rings. The number of aromatic nitrogens is 1. The minimum Gasteiger partial charge on any atom is -0.397 e. The van der Waals surface area contributed by atoms with Gasteiger partial charge in [0.15, 0.2) is 0 Å². The topological polar surface area (TPSA) is 38.9 Å². The van der Waals surface area contributed by atoms with Gasteiger partial charge in [-0.25, -0.2) is 0 Å². The number of benzene rings is 1. The van der Waals surface area contributed by atoms with E-state index in [1.54, 1.807) is 0 Å². The van der Waals surface area contributed by atoms with Crippen LogP contribution in [0, 0.1) is 6.92 Å². The lowest BCUT2D eigenvalue weighted by atomic mass is 10.1. The smallest absolute Gasteiger partial charge is 0.0931 e. The second-order valence-electron chi connectivity index (χ2n) is 2.93. The van der Waals surface area contributed by atoms with Crippen LogP contribution in [-0.2, 0) is 0 Å². The Bertz CT molecular complexity index is 421. The number of aryl methyl sites for hydroxylation is 1. The SMILES string of the molecule is Cc1cnc2c(N)cccc2c1. The summed E-state index contributed by atoms with van der Waals surface area (Å²) in [6, 6.07) is 7.91. The molecule has 0 fully saturated rings. The van der Waals surface area contributed by atoms with Gasteiger partial charge in [0.2, 0.25) is 0 Å². The zero-order valence-electron chi connectivity index (χ0n) is 6.91. The van der Waals surface area contributed by atoms with Crippen LogP contribution in [0.25, 0.3) is 10.9 Å². The Morgan fingerprint density at radius 2 is 2.17 bits per heavy atom. The predicted octanol–water partition coefficient (Wildman–Crippen LogP) is 2.13. The summed E-state index contributed by atoms with van der Waals surface area (Å²) < 4.78 is 0. The van der Waals surface area contributed by atoms with E-state index in [4.69, 9.17) is 5.73 Å². The van der Waals surface area contributed by atoms with Gasteiger partial charge in [-0.05, 0) is 24.6 Å². The normalized spacial score (nSPS) is 10.4.